The number of amides is 1. The van der Waals surface area contributed by atoms with Gasteiger partial charge in [-0.1, -0.05) is 29.3 Å². The van der Waals surface area contributed by atoms with Crippen LogP contribution in [0.25, 0.3) is 0 Å². The molecule has 0 radical (unpaired) electrons. The minimum atomic E-state index is -0.465. The number of benzene rings is 2. The fourth-order valence-corrected chi connectivity index (χ4v) is 3.59. The van der Waals surface area contributed by atoms with Gasteiger partial charge in [0.05, 0.1) is 0 Å². The van der Waals surface area contributed by atoms with Crippen LogP contribution in [-0.2, 0) is 0 Å². The Morgan fingerprint density at radius 2 is 1.91 bits per heavy atom. The van der Waals surface area contributed by atoms with E-state index in [1.807, 2.05) is 50.2 Å². The van der Waals surface area contributed by atoms with Crippen LogP contribution in [0.15, 0.2) is 47.4 Å². The van der Waals surface area contributed by atoms with Crippen molar-refractivity contribution >= 4 is 23.5 Å². The molecule has 22 heavy (non-hydrogen) atoms. The first-order valence-electron chi connectivity index (χ1n) is 7.20. The molecule has 1 aliphatic rings. The van der Waals surface area contributed by atoms with Gasteiger partial charge in [-0.25, -0.2) is 0 Å². The smallest absolute Gasteiger partial charge is 0.251 e. The van der Waals surface area contributed by atoms with Gasteiger partial charge in [0.2, 0.25) is 0 Å². The molecule has 0 saturated carbocycles. The van der Waals surface area contributed by atoms with E-state index >= 15 is 0 Å². The van der Waals surface area contributed by atoms with E-state index in [2.05, 4.69) is 5.32 Å². The Labute approximate surface area is 134 Å². The highest BCUT2D eigenvalue weighted by Crippen LogP contribution is 2.30. The third-order valence-corrected chi connectivity index (χ3v) is 4.88. The normalized spacial score (nSPS) is 17.0. The van der Waals surface area contributed by atoms with E-state index < -0.39 is 6.04 Å². The lowest BCUT2D eigenvalue weighted by Crippen LogP contribution is -2.44. The van der Waals surface area contributed by atoms with Gasteiger partial charge >= 0.3 is 0 Å². The van der Waals surface area contributed by atoms with Crippen LogP contribution in [0.4, 0.5) is 0 Å². The zero-order valence-electron chi connectivity index (χ0n) is 12.6. The average Bonchev–Trinajstić information content (AvgIpc) is 2.50. The summed E-state index contributed by atoms with van der Waals surface area (Å²) in [5, 5.41) is 2.86. The number of fused-ring (bicyclic) bond motifs is 1. The van der Waals surface area contributed by atoms with E-state index in [1.54, 1.807) is 17.8 Å². The van der Waals surface area contributed by atoms with Crippen molar-refractivity contribution in [1.29, 1.82) is 0 Å². The molecule has 0 fully saturated rings. The summed E-state index contributed by atoms with van der Waals surface area (Å²) >= 11 is 1.61. The minimum absolute atomic E-state index is 0.00143. The average molecular weight is 311 g/mol. The van der Waals surface area contributed by atoms with E-state index in [1.165, 1.54) is 0 Å². The van der Waals surface area contributed by atoms with Gasteiger partial charge in [0.1, 0.15) is 6.04 Å². The molecular weight excluding hydrogens is 294 g/mol. The first kappa shape index (κ1) is 14.9. The van der Waals surface area contributed by atoms with Gasteiger partial charge in [0.25, 0.3) is 5.91 Å². The first-order chi connectivity index (χ1) is 10.5. The molecule has 0 bridgehead atoms. The Morgan fingerprint density at radius 1 is 1.14 bits per heavy atom. The Morgan fingerprint density at radius 3 is 2.68 bits per heavy atom. The molecule has 0 aromatic heterocycles. The lowest BCUT2D eigenvalue weighted by molar-refractivity contribution is 0.0864. The van der Waals surface area contributed by atoms with Crippen molar-refractivity contribution in [1.82, 2.24) is 5.32 Å². The second-order valence-electron chi connectivity index (χ2n) is 5.57. The third kappa shape index (κ3) is 2.92. The van der Waals surface area contributed by atoms with E-state index in [4.69, 9.17) is 0 Å². The predicted octanol–water partition coefficient (Wildman–Crippen LogP) is 3.39. The molecule has 3 rings (SSSR count). The minimum Gasteiger partial charge on any atom is -0.341 e. The molecule has 0 unspecified atom stereocenters. The van der Waals surface area contributed by atoms with Crippen molar-refractivity contribution in [3.63, 3.8) is 0 Å². The standard InChI is InChI=1S/C18H17NO2S/c1-11-4-3-5-13(8-11)18(21)19-15-10-22-16-7-6-12(2)9-14(16)17(15)20/h3-9,15H,10H2,1-2H3,(H,19,21)/t15-/m0/s1. The van der Waals surface area contributed by atoms with E-state index in [-0.39, 0.29) is 11.7 Å². The summed E-state index contributed by atoms with van der Waals surface area (Å²) in [5.74, 6) is 0.379. The molecule has 0 spiro atoms. The first-order valence-corrected chi connectivity index (χ1v) is 8.18. The molecular formula is C18H17NO2S. The molecule has 3 nitrogen and oxygen atoms in total. The largest absolute Gasteiger partial charge is 0.341 e. The molecule has 0 aliphatic carbocycles. The van der Waals surface area contributed by atoms with Crippen molar-refractivity contribution < 1.29 is 9.59 Å². The van der Waals surface area contributed by atoms with Gasteiger partial charge < -0.3 is 5.32 Å². The number of rotatable bonds is 2. The summed E-state index contributed by atoms with van der Waals surface area (Å²) in [4.78, 5) is 25.9. The van der Waals surface area contributed by atoms with Crippen molar-refractivity contribution in [2.24, 2.45) is 0 Å². The van der Waals surface area contributed by atoms with Crippen LogP contribution in [0.3, 0.4) is 0 Å². The molecule has 1 N–H and O–H groups in total. The summed E-state index contributed by atoms with van der Waals surface area (Å²) in [5.41, 5.74) is 3.38. The van der Waals surface area contributed by atoms with E-state index in [0.717, 1.165) is 16.0 Å². The highest BCUT2D eigenvalue weighted by Gasteiger charge is 2.29. The zero-order chi connectivity index (χ0) is 15.7. The van der Waals surface area contributed by atoms with E-state index in [9.17, 15) is 9.59 Å². The summed E-state index contributed by atoms with van der Waals surface area (Å²) < 4.78 is 0. The highest BCUT2D eigenvalue weighted by atomic mass is 32.2. The number of hydrogen-bond acceptors (Lipinski definition) is 3. The van der Waals surface area contributed by atoms with Gasteiger partial charge in [-0.05, 0) is 38.1 Å². The summed E-state index contributed by atoms with van der Waals surface area (Å²) in [6.07, 6.45) is 0. The van der Waals surface area contributed by atoms with Gasteiger partial charge in [-0.15, -0.1) is 11.8 Å². The monoisotopic (exact) mass is 311 g/mol. The van der Waals surface area contributed by atoms with Crippen LogP contribution < -0.4 is 5.32 Å². The zero-order valence-corrected chi connectivity index (χ0v) is 13.4. The molecule has 1 aliphatic heterocycles. The molecule has 112 valence electrons. The second kappa shape index (κ2) is 5.97. The maximum atomic E-state index is 12.6. The Bertz CT molecular complexity index is 755. The number of aryl methyl sites for hydroxylation is 2. The maximum absolute atomic E-state index is 12.6. The van der Waals surface area contributed by atoms with E-state index in [0.29, 0.717) is 16.9 Å². The quantitative estimate of drug-likeness (QED) is 0.924. The number of carbonyl (C=O) groups is 2. The second-order valence-corrected chi connectivity index (χ2v) is 6.63. The predicted molar refractivity (Wildman–Crippen MR) is 88.7 cm³/mol. The van der Waals surface area contributed by atoms with Gasteiger partial charge in [0.15, 0.2) is 5.78 Å². The van der Waals surface area contributed by atoms with Crippen LogP contribution in [0.1, 0.15) is 31.8 Å². The molecule has 4 heteroatoms. The summed E-state index contributed by atoms with van der Waals surface area (Å²) in [7, 11) is 0. The lowest BCUT2D eigenvalue weighted by atomic mass is 10.0. The maximum Gasteiger partial charge on any atom is 0.251 e. The SMILES string of the molecule is Cc1cccc(C(=O)N[C@H]2CSc3ccc(C)cc3C2=O)c1. The molecule has 2 aromatic rings. The van der Waals surface area contributed by atoms with Gasteiger partial charge in [-0.2, -0.15) is 0 Å². The Kier molecular flexibility index (Phi) is 4.03. The van der Waals surface area contributed by atoms with Crippen molar-refractivity contribution in [3.05, 3.63) is 64.7 Å². The molecule has 0 saturated heterocycles. The van der Waals surface area contributed by atoms with Crippen LogP contribution in [-0.4, -0.2) is 23.5 Å². The number of nitrogens with one attached hydrogen (secondary N) is 1. The number of ketones is 1. The molecule has 1 heterocycles. The van der Waals surface area contributed by atoms with Crippen molar-refractivity contribution in [2.75, 3.05) is 5.75 Å². The van der Waals surface area contributed by atoms with Crippen molar-refractivity contribution in [2.45, 2.75) is 24.8 Å². The number of Topliss-reactive ketones (excluding diaryl/α,β-unsaturated/α-hetero) is 1. The highest BCUT2D eigenvalue weighted by molar-refractivity contribution is 7.99. The lowest BCUT2D eigenvalue weighted by Gasteiger charge is -2.24. The number of hydrogen-bond donors (Lipinski definition) is 1. The van der Waals surface area contributed by atoms with Crippen LogP contribution in [0.2, 0.25) is 0 Å². The molecule has 1 amide bonds. The van der Waals surface area contributed by atoms with Crippen LogP contribution in [0.5, 0.6) is 0 Å². The fraction of sp³-hybridized carbons (Fsp3) is 0.222. The third-order valence-electron chi connectivity index (χ3n) is 3.71. The molecule has 2 aromatic carbocycles. The van der Waals surface area contributed by atoms with Gasteiger partial charge in [0, 0.05) is 21.8 Å². The number of thioether (sulfide) groups is 1. The van der Waals surface area contributed by atoms with Crippen LogP contribution >= 0.6 is 11.8 Å². The summed E-state index contributed by atoms with van der Waals surface area (Å²) in [6.45, 7) is 3.91. The topological polar surface area (TPSA) is 46.2 Å². The summed E-state index contributed by atoms with van der Waals surface area (Å²) in [6, 6.07) is 12.8. The van der Waals surface area contributed by atoms with Crippen molar-refractivity contribution in [3.8, 4) is 0 Å². The number of carbonyl (C=O) groups excluding carboxylic acids is 2. The van der Waals surface area contributed by atoms with Gasteiger partial charge in [-0.3, -0.25) is 9.59 Å². The fourth-order valence-electron chi connectivity index (χ4n) is 2.53. The Balaban J connectivity index is 1.79. The molecule has 1 atom stereocenters. The van der Waals surface area contributed by atoms with Crippen LogP contribution in [0, 0.1) is 13.8 Å². The Hall–Kier alpha value is -2.07.